The highest BCUT2D eigenvalue weighted by atomic mass is 16.5. The smallest absolute Gasteiger partial charge is 0.228 e. The number of carbonyl (C=O) groups is 1. The monoisotopic (exact) mass is 359 g/mol. The van der Waals surface area contributed by atoms with Crippen LogP contribution in [0.2, 0.25) is 0 Å². The molecule has 3 nitrogen and oxygen atoms in total. The maximum absolute atomic E-state index is 12.5. The van der Waals surface area contributed by atoms with Gasteiger partial charge in [-0.3, -0.25) is 4.79 Å². The van der Waals surface area contributed by atoms with E-state index in [1.54, 1.807) is 7.11 Å². The molecule has 1 saturated carbocycles. The molecule has 1 amide bonds. The molecule has 4 rings (SSSR count). The van der Waals surface area contributed by atoms with Gasteiger partial charge >= 0.3 is 0 Å². The van der Waals surface area contributed by atoms with Crippen LogP contribution >= 0.6 is 0 Å². The van der Waals surface area contributed by atoms with Crippen molar-refractivity contribution in [2.45, 2.75) is 18.9 Å². The van der Waals surface area contributed by atoms with Crippen molar-refractivity contribution in [3.8, 4) is 11.1 Å². The molecule has 0 aliphatic heterocycles. The van der Waals surface area contributed by atoms with Crippen LogP contribution in [0, 0.1) is 5.92 Å². The van der Waals surface area contributed by atoms with Gasteiger partial charge in [0.2, 0.25) is 5.91 Å². The minimum absolute atomic E-state index is 0. The fourth-order valence-electron chi connectivity index (χ4n) is 3.49. The first kappa shape index (κ1) is 17.5. The Morgan fingerprint density at radius 1 is 0.963 bits per heavy atom. The molecule has 0 aromatic heterocycles. The van der Waals surface area contributed by atoms with Crippen LogP contribution in [0.1, 0.15) is 24.9 Å². The average molecular weight is 359 g/mol. The molecule has 3 heteroatoms. The summed E-state index contributed by atoms with van der Waals surface area (Å²) in [6.07, 6.45) is 0.932. The number of anilines is 1. The lowest BCUT2D eigenvalue weighted by Gasteiger charge is -2.08. The van der Waals surface area contributed by atoms with E-state index in [2.05, 4.69) is 41.7 Å². The molecule has 0 saturated heterocycles. The molecule has 27 heavy (non-hydrogen) atoms. The minimum atomic E-state index is 0. The molecule has 0 bridgehead atoms. The molecule has 3 aromatic carbocycles. The number of carbonyl (C=O) groups excluding carboxylic acids is 1. The Bertz CT molecular complexity index is 908. The molecule has 2 atom stereocenters. The van der Waals surface area contributed by atoms with Crippen LogP contribution in [-0.2, 0) is 16.1 Å². The lowest BCUT2D eigenvalue weighted by molar-refractivity contribution is -0.117. The van der Waals surface area contributed by atoms with Crippen LogP contribution in [0.4, 0.5) is 5.69 Å². The maximum Gasteiger partial charge on any atom is 0.228 e. The van der Waals surface area contributed by atoms with Gasteiger partial charge in [-0.2, -0.15) is 0 Å². The standard InChI is InChI=1S/C24H23NO2.H2/c1-27-16-17-7-9-18(10-8-17)19-11-13-21(14-12-19)25-24(26)23-15-22(23)20-5-3-2-4-6-20;/h2-14,22-23H,15-16H2,1H3,(H,25,26);1H. The van der Waals surface area contributed by atoms with Crippen LogP contribution in [0.25, 0.3) is 11.1 Å². The molecule has 0 spiro atoms. The van der Waals surface area contributed by atoms with Gasteiger partial charge in [0.15, 0.2) is 0 Å². The van der Waals surface area contributed by atoms with Gasteiger partial charge in [0, 0.05) is 20.1 Å². The molecular formula is C24H25NO2. The van der Waals surface area contributed by atoms with Crippen molar-refractivity contribution in [2.75, 3.05) is 12.4 Å². The van der Waals surface area contributed by atoms with E-state index in [1.165, 1.54) is 5.56 Å². The van der Waals surface area contributed by atoms with Gasteiger partial charge in [0.25, 0.3) is 0 Å². The number of hydrogen-bond acceptors (Lipinski definition) is 2. The summed E-state index contributed by atoms with van der Waals surface area (Å²) in [5.74, 6) is 0.553. The van der Waals surface area contributed by atoms with Gasteiger partial charge in [-0.1, -0.05) is 66.7 Å². The van der Waals surface area contributed by atoms with E-state index in [9.17, 15) is 4.79 Å². The average Bonchev–Trinajstić information content (AvgIpc) is 3.51. The van der Waals surface area contributed by atoms with E-state index in [0.29, 0.717) is 12.5 Å². The molecule has 0 radical (unpaired) electrons. The fourth-order valence-corrected chi connectivity index (χ4v) is 3.49. The van der Waals surface area contributed by atoms with Gasteiger partial charge in [-0.05, 0) is 46.7 Å². The largest absolute Gasteiger partial charge is 0.380 e. The lowest BCUT2D eigenvalue weighted by atomic mass is 10.0. The first-order valence-corrected chi connectivity index (χ1v) is 9.29. The summed E-state index contributed by atoms with van der Waals surface area (Å²) in [7, 11) is 1.70. The highest BCUT2D eigenvalue weighted by Crippen LogP contribution is 2.47. The third kappa shape index (κ3) is 4.09. The highest BCUT2D eigenvalue weighted by molar-refractivity contribution is 5.95. The summed E-state index contributed by atoms with van der Waals surface area (Å²) < 4.78 is 5.15. The molecule has 1 aliphatic carbocycles. The van der Waals surface area contributed by atoms with Crippen LogP contribution in [0.5, 0.6) is 0 Å². The Hall–Kier alpha value is -2.91. The van der Waals surface area contributed by atoms with E-state index in [0.717, 1.165) is 28.8 Å². The Morgan fingerprint density at radius 2 is 1.59 bits per heavy atom. The van der Waals surface area contributed by atoms with Crippen LogP contribution in [0.15, 0.2) is 78.9 Å². The van der Waals surface area contributed by atoms with E-state index in [-0.39, 0.29) is 13.3 Å². The number of amides is 1. The third-order valence-electron chi connectivity index (χ3n) is 5.11. The molecule has 1 aliphatic rings. The number of ether oxygens (including phenoxy) is 1. The van der Waals surface area contributed by atoms with Crippen LogP contribution in [0.3, 0.4) is 0 Å². The molecule has 3 aromatic rings. The zero-order valence-corrected chi connectivity index (χ0v) is 15.4. The predicted molar refractivity (Wildman–Crippen MR) is 111 cm³/mol. The lowest BCUT2D eigenvalue weighted by Crippen LogP contribution is -2.14. The van der Waals surface area contributed by atoms with Crippen molar-refractivity contribution in [2.24, 2.45) is 5.92 Å². The first-order chi connectivity index (χ1) is 13.2. The van der Waals surface area contributed by atoms with Crippen LogP contribution < -0.4 is 5.32 Å². The summed E-state index contributed by atoms with van der Waals surface area (Å²) in [5, 5.41) is 3.05. The normalized spacial score (nSPS) is 18.1. The summed E-state index contributed by atoms with van der Waals surface area (Å²) in [6.45, 7) is 0.621. The Labute approximate surface area is 161 Å². The minimum Gasteiger partial charge on any atom is -0.380 e. The molecule has 0 heterocycles. The van der Waals surface area contributed by atoms with E-state index in [1.807, 2.05) is 42.5 Å². The Morgan fingerprint density at radius 3 is 2.22 bits per heavy atom. The van der Waals surface area contributed by atoms with Crippen molar-refractivity contribution < 1.29 is 11.0 Å². The zero-order valence-electron chi connectivity index (χ0n) is 15.4. The summed E-state index contributed by atoms with van der Waals surface area (Å²) in [6, 6.07) is 26.6. The van der Waals surface area contributed by atoms with Crippen molar-refractivity contribution in [1.29, 1.82) is 0 Å². The SMILES string of the molecule is COCc1ccc(-c2ccc(NC(=O)C3CC3c3ccccc3)cc2)cc1.[HH]. The summed E-state index contributed by atoms with van der Waals surface area (Å²) in [5.41, 5.74) is 5.54. The number of nitrogens with one attached hydrogen (secondary N) is 1. The second kappa shape index (κ2) is 7.77. The van der Waals surface area contributed by atoms with Gasteiger partial charge in [0.1, 0.15) is 0 Å². The van der Waals surface area contributed by atoms with Crippen molar-refractivity contribution >= 4 is 11.6 Å². The molecule has 2 unspecified atom stereocenters. The highest BCUT2D eigenvalue weighted by Gasteiger charge is 2.43. The molecule has 138 valence electrons. The second-order valence-corrected chi connectivity index (χ2v) is 7.06. The predicted octanol–water partition coefficient (Wildman–Crippen LogP) is 5.49. The Kier molecular flexibility index (Phi) is 5.03. The number of hydrogen-bond donors (Lipinski definition) is 1. The maximum atomic E-state index is 12.5. The van der Waals surface area contributed by atoms with Gasteiger partial charge in [0.05, 0.1) is 6.61 Å². The number of methoxy groups -OCH3 is 1. The zero-order chi connectivity index (χ0) is 18.6. The first-order valence-electron chi connectivity index (χ1n) is 9.29. The number of rotatable bonds is 6. The van der Waals surface area contributed by atoms with Gasteiger partial charge < -0.3 is 10.1 Å². The van der Waals surface area contributed by atoms with Crippen molar-refractivity contribution in [1.82, 2.24) is 0 Å². The molecule has 1 N–H and O–H groups in total. The Balaban J connectivity index is 0.00000225. The summed E-state index contributed by atoms with van der Waals surface area (Å²) >= 11 is 0. The quantitative estimate of drug-likeness (QED) is 0.632. The van der Waals surface area contributed by atoms with Crippen LogP contribution in [-0.4, -0.2) is 13.0 Å². The van der Waals surface area contributed by atoms with Crippen molar-refractivity contribution in [3.63, 3.8) is 0 Å². The van der Waals surface area contributed by atoms with Crippen molar-refractivity contribution in [3.05, 3.63) is 90.0 Å². The second-order valence-electron chi connectivity index (χ2n) is 7.06. The molecular weight excluding hydrogens is 334 g/mol. The molecule has 1 fully saturated rings. The topological polar surface area (TPSA) is 38.3 Å². The van der Waals surface area contributed by atoms with E-state index in [4.69, 9.17) is 4.74 Å². The summed E-state index contributed by atoms with van der Waals surface area (Å²) in [4.78, 5) is 12.5. The van der Waals surface area contributed by atoms with Gasteiger partial charge in [-0.15, -0.1) is 0 Å². The third-order valence-corrected chi connectivity index (χ3v) is 5.11. The number of benzene rings is 3. The van der Waals surface area contributed by atoms with E-state index >= 15 is 0 Å². The van der Waals surface area contributed by atoms with Gasteiger partial charge in [-0.25, -0.2) is 0 Å². The fraction of sp³-hybridized carbons (Fsp3) is 0.208. The van der Waals surface area contributed by atoms with E-state index < -0.39 is 0 Å².